The van der Waals surface area contributed by atoms with Gasteiger partial charge in [0.25, 0.3) is 0 Å². The van der Waals surface area contributed by atoms with E-state index in [4.69, 9.17) is 14.6 Å². The van der Waals surface area contributed by atoms with Gasteiger partial charge in [0.05, 0.1) is 23.3 Å². The number of carbonyl (C=O) groups is 3. The van der Waals surface area contributed by atoms with Crippen molar-refractivity contribution in [2.24, 2.45) is 0 Å². The van der Waals surface area contributed by atoms with Gasteiger partial charge in [-0.3, -0.25) is 19.4 Å². The van der Waals surface area contributed by atoms with E-state index in [1.165, 1.54) is 15.6 Å². The number of pyridine rings is 2. The van der Waals surface area contributed by atoms with Crippen LogP contribution in [0.4, 0.5) is 14.9 Å². The van der Waals surface area contributed by atoms with Gasteiger partial charge in [-0.15, -0.1) is 0 Å². The number of rotatable bonds is 10. The Balaban J connectivity index is 1.31. The van der Waals surface area contributed by atoms with Crippen molar-refractivity contribution in [3.05, 3.63) is 96.2 Å². The summed E-state index contributed by atoms with van der Waals surface area (Å²) in [6, 6.07) is 18.7. The average Bonchev–Trinajstić information content (AvgIpc) is 3.44. The van der Waals surface area contributed by atoms with Crippen molar-refractivity contribution in [2.75, 3.05) is 25.0 Å². The van der Waals surface area contributed by atoms with Gasteiger partial charge in [0.1, 0.15) is 30.3 Å². The fourth-order valence-electron chi connectivity index (χ4n) is 5.06. The van der Waals surface area contributed by atoms with E-state index in [2.05, 4.69) is 15.3 Å². The van der Waals surface area contributed by atoms with Gasteiger partial charge in [-0.25, -0.2) is 14.0 Å². The van der Waals surface area contributed by atoms with Gasteiger partial charge in [-0.1, -0.05) is 24.3 Å². The highest BCUT2D eigenvalue weighted by Crippen LogP contribution is 2.34. The molecule has 2 aromatic carbocycles. The maximum Gasteiger partial charge on any atom is 0.410 e. The third kappa shape index (κ3) is 8.38. The minimum atomic E-state index is -0.804. The summed E-state index contributed by atoms with van der Waals surface area (Å²) in [7, 11) is 0. The van der Waals surface area contributed by atoms with Crippen molar-refractivity contribution in [1.82, 2.24) is 24.6 Å². The van der Waals surface area contributed by atoms with E-state index < -0.39 is 29.4 Å². The van der Waals surface area contributed by atoms with Crippen LogP contribution >= 0.6 is 0 Å². The molecule has 0 radical (unpaired) electrons. The van der Waals surface area contributed by atoms with Crippen LogP contribution in [-0.2, 0) is 20.8 Å². The molecule has 0 spiro atoms. The lowest BCUT2D eigenvalue weighted by atomic mass is 10.0. The van der Waals surface area contributed by atoms with Crippen molar-refractivity contribution in [2.45, 2.75) is 46.8 Å². The molecule has 0 aliphatic carbocycles. The highest BCUT2D eigenvalue weighted by molar-refractivity contribution is 5.98. The number of nitrogens with zero attached hydrogens (tertiary/aromatic N) is 5. The molecule has 1 N–H and O–H groups in total. The molecule has 0 aliphatic rings. The van der Waals surface area contributed by atoms with Crippen LogP contribution in [0.15, 0.2) is 79.1 Å². The molecule has 0 unspecified atom stereocenters. The van der Waals surface area contributed by atoms with Gasteiger partial charge in [-0.2, -0.15) is 5.10 Å². The molecule has 248 valence electrons. The Morgan fingerprint density at radius 1 is 1.00 bits per heavy atom. The Hall–Kier alpha value is -5.65. The number of para-hydroxylation sites is 1. The molecule has 11 nitrogen and oxygen atoms in total. The standard InChI is InChI=1S/C36H37FN6O5/c1-6-42(35(46)48-36(3,4)5)16-17-47-34(45)24-18-25(37)20-26(19-24)40-32(44)22-43-21-29(33(41-43)31-13-9-10-23(2)39-31)27-14-15-38-30-12-8-7-11-28(27)30/h7-15,18-21H,6,16-17,22H2,1-5H3,(H,40,44). The third-order valence-corrected chi connectivity index (χ3v) is 7.18. The summed E-state index contributed by atoms with van der Waals surface area (Å²) in [5.74, 6) is -2.03. The third-order valence-electron chi connectivity index (χ3n) is 7.18. The number of ether oxygens (including phenoxy) is 2. The van der Waals surface area contributed by atoms with E-state index >= 15 is 0 Å². The summed E-state index contributed by atoms with van der Waals surface area (Å²) >= 11 is 0. The van der Waals surface area contributed by atoms with E-state index in [1.54, 1.807) is 40.1 Å². The molecule has 0 aliphatic heterocycles. The largest absolute Gasteiger partial charge is 0.460 e. The highest BCUT2D eigenvalue weighted by Gasteiger charge is 2.22. The maximum absolute atomic E-state index is 14.6. The predicted octanol–water partition coefficient (Wildman–Crippen LogP) is 6.66. The zero-order valence-corrected chi connectivity index (χ0v) is 27.5. The smallest absolute Gasteiger partial charge is 0.410 e. The number of nitrogens with one attached hydrogen (secondary N) is 1. The summed E-state index contributed by atoms with van der Waals surface area (Å²) in [4.78, 5) is 48.8. The second kappa shape index (κ2) is 14.4. The lowest BCUT2D eigenvalue weighted by Crippen LogP contribution is -2.38. The van der Waals surface area contributed by atoms with Crippen LogP contribution in [0.3, 0.4) is 0 Å². The van der Waals surface area contributed by atoms with Crippen molar-refractivity contribution in [3.63, 3.8) is 0 Å². The van der Waals surface area contributed by atoms with Crippen LogP contribution in [0.5, 0.6) is 0 Å². The number of benzene rings is 2. The summed E-state index contributed by atoms with van der Waals surface area (Å²) in [5, 5.41) is 8.30. The number of hydrogen-bond donors (Lipinski definition) is 1. The van der Waals surface area contributed by atoms with E-state index in [0.29, 0.717) is 17.9 Å². The minimum Gasteiger partial charge on any atom is -0.460 e. The number of hydrogen-bond acceptors (Lipinski definition) is 8. The molecule has 12 heteroatoms. The quantitative estimate of drug-likeness (QED) is 0.166. The van der Waals surface area contributed by atoms with Crippen LogP contribution in [-0.4, -0.2) is 67.9 Å². The first-order valence-corrected chi connectivity index (χ1v) is 15.5. The minimum absolute atomic E-state index is 0.0731. The molecule has 0 saturated carbocycles. The fraction of sp³-hybridized carbons (Fsp3) is 0.278. The normalized spacial score (nSPS) is 11.3. The Bertz CT molecular complexity index is 1960. The van der Waals surface area contributed by atoms with Crippen molar-refractivity contribution >= 4 is 34.6 Å². The van der Waals surface area contributed by atoms with Gasteiger partial charge >= 0.3 is 12.1 Å². The van der Waals surface area contributed by atoms with Crippen LogP contribution < -0.4 is 5.32 Å². The van der Waals surface area contributed by atoms with Gasteiger partial charge in [0, 0.05) is 41.3 Å². The lowest BCUT2D eigenvalue weighted by Gasteiger charge is -2.26. The molecule has 0 atom stereocenters. The molecule has 0 bridgehead atoms. The highest BCUT2D eigenvalue weighted by atomic mass is 19.1. The first-order valence-electron chi connectivity index (χ1n) is 15.5. The van der Waals surface area contributed by atoms with Crippen LogP contribution in [0, 0.1) is 12.7 Å². The molecule has 0 saturated heterocycles. The maximum atomic E-state index is 14.6. The van der Waals surface area contributed by atoms with Crippen LogP contribution in [0.2, 0.25) is 0 Å². The number of carbonyl (C=O) groups excluding carboxylic acids is 3. The second-order valence-electron chi connectivity index (χ2n) is 12.1. The monoisotopic (exact) mass is 652 g/mol. The molecule has 2 amide bonds. The lowest BCUT2D eigenvalue weighted by molar-refractivity contribution is -0.116. The summed E-state index contributed by atoms with van der Waals surface area (Å²) in [6.45, 7) is 9.06. The zero-order chi connectivity index (χ0) is 34.4. The zero-order valence-electron chi connectivity index (χ0n) is 27.5. The Labute approximate surface area is 277 Å². The van der Waals surface area contributed by atoms with E-state index in [1.807, 2.05) is 55.5 Å². The number of halogens is 1. The van der Waals surface area contributed by atoms with Gasteiger partial charge < -0.3 is 19.7 Å². The summed E-state index contributed by atoms with van der Waals surface area (Å²) in [6.07, 6.45) is 2.96. The number of amides is 2. The van der Waals surface area contributed by atoms with Crippen molar-refractivity contribution in [3.8, 4) is 22.5 Å². The Morgan fingerprint density at radius 3 is 2.54 bits per heavy atom. The molecule has 0 fully saturated rings. The Morgan fingerprint density at radius 2 is 1.79 bits per heavy atom. The molecule has 48 heavy (non-hydrogen) atoms. The average molecular weight is 653 g/mol. The van der Waals surface area contributed by atoms with Gasteiger partial charge in [0.2, 0.25) is 5.91 Å². The number of anilines is 1. The Kier molecular flexibility index (Phi) is 10.1. The SMILES string of the molecule is CCN(CCOC(=O)c1cc(F)cc(NC(=O)Cn2cc(-c3ccnc4ccccc34)c(-c3cccc(C)n3)n2)c1)C(=O)OC(C)(C)C. The number of aromatic nitrogens is 4. The molecule has 5 rings (SSSR count). The molecule has 3 aromatic heterocycles. The van der Waals surface area contributed by atoms with E-state index in [9.17, 15) is 18.8 Å². The fourth-order valence-corrected chi connectivity index (χ4v) is 5.06. The van der Waals surface area contributed by atoms with E-state index in [-0.39, 0.29) is 30.9 Å². The molecular weight excluding hydrogens is 615 g/mol. The number of aryl methyl sites for hydroxylation is 1. The number of fused-ring (bicyclic) bond motifs is 1. The molecular formula is C36H37FN6O5. The van der Waals surface area contributed by atoms with Crippen LogP contribution in [0.25, 0.3) is 33.4 Å². The van der Waals surface area contributed by atoms with Gasteiger partial charge in [0.15, 0.2) is 0 Å². The van der Waals surface area contributed by atoms with E-state index in [0.717, 1.165) is 39.9 Å². The van der Waals surface area contributed by atoms with Gasteiger partial charge in [-0.05, 0) is 82.6 Å². The number of esters is 1. The summed E-state index contributed by atoms with van der Waals surface area (Å²) in [5.41, 5.74) is 3.83. The van der Waals surface area contributed by atoms with Crippen molar-refractivity contribution < 1.29 is 28.2 Å². The number of likely N-dealkylation sites (N-methyl/N-ethyl adjacent to an activating group) is 1. The van der Waals surface area contributed by atoms with Crippen LogP contribution in [0.1, 0.15) is 43.7 Å². The predicted molar refractivity (Wildman–Crippen MR) is 180 cm³/mol. The van der Waals surface area contributed by atoms with Crippen molar-refractivity contribution in [1.29, 1.82) is 0 Å². The molecule has 5 aromatic rings. The first-order chi connectivity index (χ1) is 22.9. The molecule has 3 heterocycles. The first kappa shape index (κ1) is 33.7. The summed E-state index contributed by atoms with van der Waals surface area (Å²) < 4.78 is 26.7. The topological polar surface area (TPSA) is 129 Å². The second-order valence-corrected chi connectivity index (χ2v) is 12.1.